The Morgan fingerprint density at radius 2 is 2.23 bits per heavy atom. The molecule has 13 heavy (non-hydrogen) atoms. The van der Waals surface area contributed by atoms with Crippen molar-refractivity contribution in [3.8, 4) is 0 Å². The van der Waals surface area contributed by atoms with Crippen molar-refractivity contribution in [2.24, 2.45) is 5.73 Å². The second-order valence-electron chi connectivity index (χ2n) is 2.97. The van der Waals surface area contributed by atoms with Gasteiger partial charge in [-0.1, -0.05) is 12.1 Å². The Bertz CT molecular complexity index is 447. The fraction of sp³-hybridized carbons (Fsp3) is 0.200. The monoisotopic (exact) mass is 179 g/mol. The Labute approximate surface area is 75.1 Å². The molecule has 0 aliphatic carbocycles. The SMILES string of the molecule is Cc1c(CN)oc2c(F)cccc12. The highest BCUT2D eigenvalue weighted by molar-refractivity contribution is 5.82. The minimum atomic E-state index is -0.333. The van der Waals surface area contributed by atoms with Gasteiger partial charge in [0.1, 0.15) is 5.76 Å². The first-order chi connectivity index (χ1) is 6.24. The van der Waals surface area contributed by atoms with E-state index in [1.54, 1.807) is 6.07 Å². The predicted molar refractivity (Wildman–Crippen MR) is 48.8 cm³/mol. The molecule has 0 aliphatic rings. The van der Waals surface area contributed by atoms with E-state index >= 15 is 0 Å². The minimum absolute atomic E-state index is 0.306. The Morgan fingerprint density at radius 1 is 1.46 bits per heavy atom. The van der Waals surface area contributed by atoms with E-state index in [0.717, 1.165) is 10.9 Å². The first-order valence-corrected chi connectivity index (χ1v) is 4.10. The third-order valence-electron chi connectivity index (χ3n) is 2.20. The van der Waals surface area contributed by atoms with Crippen molar-refractivity contribution in [3.05, 3.63) is 35.3 Å². The van der Waals surface area contributed by atoms with Crippen LogP contribution in [0.2, 0.25) is 0 Å². The van der Waals surface area contributed by atoms with Crippen LogP contribution < -0.4 is 5.73 Å². The first kappa shape index (κ1) is 8.26. The van der Waals surface area contributed by atoms with E-state index in [4.69, 9.17) is 10.2 Å². The zero-order chi connectivity index (χ0) is 9.42. The van der Waals surface area contributed by atoms with Crippen LogP contribution in [0.5, 0.6) is 0 Å². The van der Waals surface area contributed by atoms with E-state index in [1.807, 2.05) is 13.0 Å². The normalized spacial score (nSPS) is 11.0. The summed E-state index contributed by atoms with van der Waals surface area (Å²) in [7, 11) is 0. The van der Waals surface area contributed by atoms with Crippen molar-refractivity contribution >= 4 is 11.0 Å². The maximum atomic E-state index is 13.2. The van der Waals surface area contributed by atoms with Crippen LogP contribution in [0.1, 0.15) is 11.3 Å². The van der Waals surface area contributed by atoms with Gasteiger partial charge in [-0.15, -0.1) is 0 Å². The van der Waals surface area contributed by atoms with Crippen LogP contribution in [0.15, 0.2) is 22.6 Å². The number of aryl methyl sites for hydroxylation is 1. The van der Waals surface area contributed by atoms with E-state index in [9.17, 15) is 4.39 Å². The standard InChI is InChI=1S/C10H10FNO/c1-6-7-3-2-4-8(11)10(7)13-9(6)5-12/h2-4H,5,12H2,1H3. The Hall–Kier alpha value is -1.35. The summed E-state index contributed by atoms with van der Waals surface area (Å²) in [5.74, 6) is 0.320. The van der Waals surface area contributed by atoms with Crippen molar-refractivity contribution in [2.45, 2.75) is 13.5 Å². The lowest BCUT2D eigenvalue weighted by molar-refractivity contribution is 0.519. The Balaban J connectivity index is 2.83. The summed E-state index contributed by atoms with van der Waals surface area (Å²) >= 11 is 0. The highest BCUT2D eigenvalue weighted by atomic mass is 19.1. The molecule has 0 unspecified atom stereocenters. The molecule has 0 aliphatic heterocycles. The van der Waals surface area contributed by atoms with E-state index in [0.29, 0.717) is 17.9 Å². The third kappa shape index (κ3) is 1.12. The summed E-state index contributed by atoms with van der Waals surface area (Å²) in [5.41, 5.74) is 6.68. The molecule has 2 nitrogen and oxygen atoms in total. The maximum absolute atomic E-state index is 13.2. The highest BCUT2D eigenvalue weighted by Gasteiger charge is 2.11. The van der Waals surface area contributed by atoms with Crippen LogP contribution in [-0.2, 0) is 6.54 Å². The number of furan rings is 1. The van der Waals surface area contributed by atoms with Gasteiger partial charge in [-0.05, 0) is 18.6 Å². The molecule has 2 rings (SSSR count). The smallest absolute Gasteiger partial charge is 0.170 e. The van der Waals surface area contributed by atoms with Crippen molar-refractivity contribution in [2.75, 3.05) is 0 Å². The lowest BCUT2D eigenvalue weighted by Gasteiger charge is -1.89. The average molecular weight is 179 g/mol. The van der Waals surface area contributed by atoms with E-state index in [2.05, 4.69) is 0 Å². The number of para-hydroxylation sites is 1. The number of benzene rings is 1. The zero-order valence-electron chi connectivity index (χ0n) is 7.30. The van der Waals surface area contributed by atoms with Crippen LogP contribution >= 0.6 is 0 Å². The zero-order valence-corrected chi connectivity index (χ0v) is 7.30. The lowest BCUT2D eigenvalue weighted by atomic mass is 10.1. The fourth-order valence-electron chi connectivity index (χ4n) is 1.45. The van der Waals surface area contributed by atoms with Gasteiger partial charge in [-0.25, -0.2) is 4.39 Å². The summed E-state index contributed by atoms with van der Waals surface area (Å²) in [4.78, 5) is 0. The molecular weight excluding hydrogens is 169 g/mol. The average Bonchev–Trinajstić information content (AvgIpc) is 2.45. The van der Waals surface area contributed by atoms with Crippen LogP contribution in [0.4, 0.5) is 4.39 Å². The van der Waals surface area contributed by atoms with Gasteiger partial charge in [0, 0.05) is 5.39 Å². The summed E-state index contributed by atoms with van der Waals surface area (Å²) < 4.78 is 18.5. The van der Waals surface area contributed by atoms with Crippen molar-refractivity contribution in [1.82, 2.24) is 0 Å². The fourth-order valence-corrected chi connectivity index (χ4v) is 1.45. The Kier molecular flexibility index (Phi) is 1.81. The van der Waals surface area contributed by atoms with Crippen LogP contribution in [-0.4, -0.2) is 0 Å². The van der Waals surface area contributed by atoms with Gasteiger partial charge in [0.15, 0.2) is 11.4 Å². The van der Waals surface area contributed by atoms with E-state index in [-0.39, 0.29) is 5.82 Å². The molecule has 0 spiro atoms. The summed E-state index contributed by atoms with van der Waals surface area (Å²) in [6.45, 7) is 2.19. The number of halogens is 1. The van der Waals surface area contributed by atoms with Crippen molar-refractivity contribution in [3.63, 3.8) is 0 Å². The van der Waals surface area contributed by atoms with Gasteiger partial charge in [0.05, 0.1) is 6.54 Å². The van der Waals surface area contributed by atoms with Gasteiger partial charge in [0.25, 0.3) is 0 Å². The van der Waals surface area contributed by atoms with Crippen LogP contribution in [0.3, 0.4) is 0 Å². The number of hydrogen-bond acceptors (Lipinski definition) is 2. The van der Waals surface area contributed by atoms with E-state index in [1.165, 1.54) is 6.07 Å². The highest BCUT2D eigenvalue weighted by Crippen LogP contribution is 2.26. The van der Waals surface area contributed by atoms with Crippen LogP contribution in [0.25, 0.3) is 11.0 Å². The molecule has 0 amide bonds. The predicted octanol–water partition coefficient (Wildman–Crippen LogP) is 2.34. The lowest BCUT2D eigenvalue weighted by Crippen LogP contribution is -1.95. The second-order valence-corrected chi connectivity index (χ2v) is 2.97. The molecule has 0 fully saturated rings. The summed E-state index contributed by atoms with van der Waals surface area (Å²) in [6.07, 6.45) is 0. The van der Waals surface area contributed by atoms with Gasteiger partial charge in [-0.2, -0.15) is 0 Å². The summed E-state index contributed by atoms with van der Waals surface area (Å²) in [5, 5.41) is 0.806. The third-order valence-corrected chi connectivity index (χ3v) is 2.20. The van der Waals surface area contributed by atoms with Gasteiger partial charge >= 0.3 is 0 Å². The molecule has 2 aromatic rings. The number of rotatable bonds is 1. The van der Waals surface area contributed by atoms with Gasteiger partial charge < -0.3 is 10.2 Å². The molecule has 3 heteroatoms. The molecule has 0 saturated heterocycles. The molecule has 1 aromatic heterocycles. The number of hydrogen-bond donors (Lipinski definition) is 1. The topological polar surface area (TPSA) is 39.2 Å². The largest absolute Gasteiger partial charge is 0.456 e. The molecule has 1 heterocycles. The second kappa shape index (κ2) is 2.85. The van der Waals surface area contributed by atoms with Gasteiger partial charge in [-0.3, -0.25) is 0 Å². The molecule has 0 atom stereocenters. The molecule has 68 valence electrons. The summed E-state index contributed by atoms with van der Waals surface area (Å²) in [6, 6.07) is 4.88. The molecule has 0 bridgehead atoms. The molecule has 0 radical (unpaired) electrons. The molecule has 0 saturated carbocycles. The minimum Gasteiger partial charge on any atom is -0.456 e. The quantitative estimate of drug-likeness (QED) is 0.729. The Morgan fingerprint density at radius 3 is 2.85 bits per heavy atom. The maximum Gasteiger partial charge on any atom is 0.170 e. The van der Waals surface area contributed by atoms with Crippen molar-refractivity contribution in [1.29, 1.82) is 0 Å². The molecule has 1 aromatic carbocycles. The number of fused-ring (bicyclic) bond motifs is 1. The van der Waals surface area contributed by atoms with E-state index < -0.39 is 0 Å². The molecule has 2 N–H and O–H groups in total. The van der Waals surface area contributed by atoms with Crippen LogP contribution in [0, 0.1) is 12.7 Å². The van der Waals surface area contributed by atoms with Gasteiger partial charge in [0.2, 0.25) is 0 Å². The number of nitrogens with two attached hydrogens (primary N) is 1. The van der Waals surface area contributed by atoms with Crippen molar-refractivity contribution < 1.29 is 8.81 Å². The first-order valence-electron chi connectivity index (χ1n) is 4.10. The molecular formula is C10H10FNO.